The summed E-state index contributed by atoms with van der Waals surface area (Å²) in [5.41, 5.74) is 0. The van der Waals surface area contributed by atoms with Crippen LogP contribution in [0.3, 0.4) is 0 Å². The van der Waals surface area contributed by atoms with Crippen LogP contribution in [0.2, 0.25) is 0 Å². The fraction of sp³-hybridized carbons (Fsp3) is 1.00. The molecule has 0 amide bonds. The third-order valence-corrected chi connectivity index (χ3v) is 5.58. The minimum absolute atomic E-state index is 0.117. The van der Waals surface area contributed by atoms with Crippen LogP contribution < -0.4 is 5.32 Å². The van der Waals surface area contributed by atoms with Crippen LogP contribution in [0.15, 0.2) is 0 Å². The largest absolute Gasteiger partial charge is 0.392 e. The van der Waals surface area contributed by atoms with Crippen molar-refractivity contribution in [2.45, 2.75) is 89.3 Å². The van der Waals surface area contributed by atoms with Gasteiger partial charge in [-0.05, 0) is 58.0 Å². The molecule has 0 aromatic carbocycles. The number of aliphatic hydroxyl groups is 1. The van der Waals surface area contributed by atoms with E-state index in [1.807, 2.05) is 0 Å². The lowest BCUT2D eigenvalue weighted by molar-refractivity contribution is 0.0717. The number of nitrogens with one attached hydrogen (secondary N) is 1. The molecule has 0 spiro atoms. The van der Waals surface area contributed by atoms with E-state index in [9.17, 15) is 5.11 Å². The highest BCUT2D eigenvalue weighted by molar-refractivity contribution is 4.83. The van der Waals surface area contributed by atoms with Crippen LogP contribution in [0.1, 0.15) is 71.1 Å². The fourth-order valence-electron chi connectivity index (χ4n) is 4.26. The monoisotopic (exact) mass is 296 g/mol. The first-order valence-corrected chi connectivity index (χ1v) is 9.30. The molecule has 2 aliphatic rings. The third kappa shape index (κ3) is 5.88. The van der Waals surface area contributed by atoms with E-state index >= 15 is 0 Å². The molecular formula is C18H36N2O. The van der Waals surface area contributed by atoms with Crippen molar-refractivity contribution in [3.63, 3.8) is 0 Å². The molecule has 0 radical (unpaired) electrons. The van der Waals surface area contributed by atoms with E-state index in [2.05, 4.69) is 24.2 Å². The minimum Gasteiger partial charge on any atom is -0.392 e. The van der Waals surface area contributed by atoms with Crippen molar-refractivity contribution in [1.82, 2.24) is 10.2 Å². The summed E-state index contributed by atoms with van der Waals surface area (Å²) in [7, 11) is 2.21. The summed E-state index contributed by atoms with van der Waals surface area (Å²) >= 11 is 0. The van der Waals surface area contributed by atoms with Crippen molar-refractivity contribution < 1.29 is 5.11 Å². The lowest BCUT2D eigenvalue weighted by Crippen LogP contribution is -2.43. The maximum Gasteiger partial charge on any atom is 0.0669 e. The summed E-state index contributed by atoms with van der Waals surface area (Å²) in [4.78, 5) is 2.43. The van der Waals surface area contributed by atoms with Gasteiger partial charge in [-0.15, -0.1) is 0 Å². The van der Waals surface area contributed by atoms with E-state index in [0.29, 0.717) is 6.04 Å². The first-order chi connectivity index (χ1) is 10.2. The van der Waals surface area contributed by atoms with Gasteiger partial charge in [0.25, 0.3) is 0 Å². The van der Waals surface area contributed by atoms with Crippen LogP contribution in [-0.4, -0.2) is 48.3 Å². The molecule has 0 bridgehead atoms. The van der Waals surface area contributed by atoms with E-state index in [1.165, 1.54) is 57.8 Å². The molecule has 0 aliphatic heterocycles. The standard InChI is InChI=1S/C18H36N2O/c1-3-12-19-16-8-10-17(11-9-16)20(2)14-18(21)13-15-6-4-5-7-15/h15-19,21H,3-14H2,1-2H3. The lowest BCUT2D eigenvalue weighted by atomic mass is 9.90. The number of nitrogens with zero attached hydrogens (tertiary/aromatic N) is 1. The van der Waals surface area contributed by atoms with E-state index in [4.69, 9.17) is 0 Å². The van der Waals surface area contributed by atoms with Crippen LogP contribution in [0, 0.1) is 5.92 Å². The minimum atomic E-state index is -0.117. The molecule has 0 aromatic heterocycles. The Morgan fingerprint density at radius 1 is 1.10 bits per heavy atom. The topological polar surface area (TPSA) is 35.5 Å². The zero-order chi connectivity index (χ0) is 15.1. The Morgan fingerprint density at radius 2 is 1.76 bits per heavy atom. The summed E-state index contributed by atoms with van der Waals surface area (Å²) in [6.07, 6.45) is 12.7. The fourth-order valence-corrected chi connectivity index (χ4v) is 4.26. The molecule has 3 heteroatoms. The molecule has 21 heavy (non-hydrogen) atoms. The van der Waals surface area contributed by atoms with Crippen molar-refractivity contribution in [2.24, 2.45) is 5.92 Å². The highest BCUT2D eigenvalue weighted by Crippen LogP contribution is 2.29. The SMILES string of the molecule is CCCNC1CCC(N(C)CC(O)CC2CCCC2)CC1. The summed E-state index contributed by atoms with van der Waals surface area (Å²) in [5, 5.41) is 14.0. The zero-order valence-electron chi connectivity index (χ0n) is 14.2. The molecule has 0 aromatic rings. The Balaban J connectivity index is 1.63. The molecule has 0 heterocycles. The van der Waals surface area contributed by atoms with Gasteiger partial charge < -0.3 is 15.3 Å². The summed E-state index contributed by atoms with van der Waals surface area (Å²) in [6.45, 7) is 4.26. The Labute approximate surface area is 131 Å². The Morgan fingerprint density at radius 3 is 2.38 bits per heavy atom. The maximum atomic E-state index is 10.3. The van der Waals surface area contributed by atoms with Gasteiger partial charge >= 0.3 is 0 Å². The van der Waals surface area contributed by atoms with Gasteiger partial charge in [0, 0.05) is 18.6 Å². The number of hydrogen-bond acceptors (Lipinski definition) is 3. The Kier molecular flexibility index (Phi) is 7.48. The maximum absolute atomic E-state index is 10.3. The van der Waals surface area contributed by atoms with Crippen molar-refractivity contribution in [1.29, 1.82) is 0 Å². The molecular weight excluding hydrogens is 260 g/mol. The second-order valence-corrected chi connectivity index (χ2v) is 7.44. The number of aliphatic hydroxyl groups excluding tert-OH is 1. The number of rotatable bonds is 8. The second-order valence-electron chi connectivity index (χ2n) is 7.44. The molecule has 2 N–H and O–H groups in total. The van der Waals surface area contributed by atoms with Crippen LogP contribution in [0.25, 0.3) is 0 Å². The van der Waals surface area contributed by atoms with E-state index in [0.717, 1.165) is 31.5 Å². The average Bonchev–Trinajstić information content (AvgIpc) is 2.98. The molecule has 1 atom stereocenters. The molecule has 2 rings (SSSR count). The van der Waals surface area contributed by atoms with E-state index in [1.54, 1.807) is 0 Å². The highest BCUT2D eigenvalue weighted by Gasteiger charge is 2.26. The second kappa shape index (κ2) is 9.12. The first kappa shape index (κ1) is 17.2. The smallest absolute Gasteiger partial charge is 0.0669 e. The molecule has 2 fully saturated rings. The first-order valence-electron chi connectivity index (χ1n) is 9.30. The van der Waals surface area contributed by atoms with Crippen LogP contribution in [0.5, 0.6) is 0 Å². The average molecular weight is 296 g/mol. The van der Waals surface area contributed by atoms with Gasteiger partial charge in [-0.2, -0.15) is 0 Å². The van der Waals surface area contributed by atoms with Gasteiger partial charge in [0.05, 0.1) is 6.10 Å². The Bertz CT molecular complexity index is 270. The van der Waals surface area contributed by atoms with Gasteiger partial charge in [0.1, 0.15) is 0 Å². The van der Waals surface area contributed by atoms with Gasteiger partial charge in [0.2, 0.25) is 0 Å². The molecule has 124 valence electrons. The van der Waals surface area contributed by atoms with Crippen LogP contribution >= 0.6 is 0 Å². The van der Waals surface area contributed by atoms with Crippen LogP contribution in [0.4, 0.5) is 0 Å². The molecule has 2 aliphatic carbocycles. The Hall–Kier alpha value is -0.120. The van der Waals surface area contributed by atoms with Gasteiger partial charge in [-0.1, -0.05) is 32.6 Å². The summed E-state index contributed by atoms with van der Waals surface area (Å²) in [5.74, 6) is 0.794. The number of likely N-dealkylation sites (N-methyl/N-ethyl adjacent to an activating group) is 1. The van der Waals surface area contributed by atoms with Crippen molar-refractivity contribution in [3.05, 3.63) is 0 Å². The molecule has 2 saturated carbocycles. The van der Waals surface area contributed by atoms with Crippen molar-refractivity contribution in [3.8, 4) is 0 Å². The lowest BCUT2D eigenvalue weighted by Gasteiger charge is -2.36. The quantitative estimate of drug-likeness (QED) is 0.722. The van der Waals surface area contributed by atoms with Gasteiger partial charge in [0.15, 0.2) is 0 Å². The van der Waals surface area contributed by atoms with E-state index < -0.39 is 0 Å². The molecule has 1 unspecified atom stereocenters. The number of hydrogen-bond donors (Lipinski definition) is 2. The van der Waals surface area contributed by atoms with E-state index in [-0.39, 0.29) is 6.10 Å². The molecule has 3 nitrogen and oxygen atoms in total. The van der Waals surface area contributed by atoms with Crippen LogP contribution in [-0.2, 0) is 0 Å². The normalized spacial score (nSPS) is 29.1. The van der Waals surface area contributed by atoms with Gasteiger partial charge in [-0.25, -0.2) is 0 Å². The predicted octanol–water partition coefficient (Wildman–Crippen LogP) is 3.17. The van der Waals surface area contributed by atoms with Crippen molar-refractivity contribution in [2.75, 3.05) is 20.1 Å². The van der Waals surface area contributed by atoms with Gasteiger partial charge in [-0.3, -0.25) is 0 Å². The highest BCUT2D eigenvalue weighted by atomic mass is 16.3. The van der Waals surface area contributed by atoms with Crippen molar-refractivity contribution >= 4 is 0 Å². The summed E-state index contributed by atoms with van der Waals surface area (Å²) in [6, 6.07) is 1.42. The molecule has 0 saturated heterocycles. The summed E-state index contributed by atoms with van der Waals surface area (Å²) < 4.78 is 0. The zero-order valence-corrected chi connectivity index (χ0v) is 14.2. The predicted molar refractivity (Wildman–Crippen MR) is 89.5 cm³/mol. The third-order valence-electron chi connectivity index (χ3n) is 5.58.